The van der Waals surface area contributed by atoms with Gasteiger partial charge in [-0.1, -0.05) is 48.0 Å². The molecule has 3 aromatic rings. The topological polar surface area (TPSA) is 56.2 Å². The minimum absolute atomic E-state index is 0.0475. The number of para-hydroxylation sites is 1. The summed E-state index contributed by atoms with van der Waals surface area (Å²) >= 11 is 0. The van der Waals surface area contributed by atoms with E-state index in [1.165, 1.54) is 11.6 Å². The van der Waals surface area contributed by atoms with Crippen LogP contribution in [0.3, 0.4) is 0 Å². The molecule has 3 rings (SSSR count). The van der Waals surface area contributed by atoms with Gasteiger partial charge in [0.15, 0.2) is 0 Å². The van der Waals surface area contributed by atoms with Gasteiger partial charge in [0.25, 0.3) is 5.91 Å². The van der Waals surface area contributed by atoms with E-state index in [4.69, 9.17) is 0 Å². The van der Waals surface area contributed by atoms with Gasteiger partial charge in [-0.2, -0.15) is 13.9 Å². The molecule has 1 amide bonds. The lowest BCUT2D eigenvalue weighted by Gasteiger charge is -2.11. The van der Waals surface area contributed by atoms with Gasteiger partial charge >= 0.3 is 6.61 Å². The summed E-state index contributed by atoms with van der Waals surface area (Å²) in [5.41, 5.74) is 4.60. The maximum absolute atomic E-state index is 12.8. The molecule has 0 atom stereocenters. The Bertz CT molecular complexity index is 998. The predicted octanol–water partition coefficient (Wildman–Crippen LogP) is 4.39. The van der Waals surface area contributed by atoms with Gasteiger partial charge in [0.2, 0.25) is 0 Å². The Morgan fingerprint density at radius 2 is 1.79 bits per heavy atom. The highest BCUT2D eigenvalue weighted by molar-refractivity contribution is 5.96. The zero-order valence-electron chi connectivity index (χ0n) is 16.6. The molecule has 0 fully saturated rings. The van der Waals surface area contributed by atoms with Crippen molar-refractivity contribution in [3.8, 4) is 5.75 Å². The largest absolute Gasteiger partial charge is 0.434 e. The van der Waals surface area contributed by atoms with E-state index in [1.54, 1.807) is 29.8 Å². The van der Waals surface area contributed by atoms with Crippen LogP contribution in [0.4, 0.5) is 8.78 Å². The number of rotatable bonds is 7. The zero-order chi connectivity index (χ0) is 21.0. The van der Waals surface area contributed by atoms with E-state index in [2.05, 4.69) is 15.2 Å². The van der Waals surface area contributed by atoms with E-state index in [0.717, 1.165) is 11.3 Å². The summed E-state index contributed by atoms with van der Waals surface area (Å²) in [7, 11) is 0. The normalized spacial score (nSPS) is 11.0. The molecule has 0 saturated heterocycles. The van der Waals surface area contributed by atoms with Crippen LogP contribution in [0.1, 0.15) is 38.4 Å². The summed E-state index contributed by atoms with van der Waals surface area (Å²) in [5, 5.41) is 7.27. The van der Waals surface area contributed by atoms with Crippen LogP contribution in [0.2, 0.25) is 0 Å². The summed E-state index contributed by atoms with van der Waals surface area (Å²) in [6.45, 7) is 3.37. The lowest BCUT2D eigenvalue weighted by Crippen LogP contribution is -2.24. The van der Waals surface area contributed by atoms with E-state index < -0.39 is 6.61 Å². The van der Waals surface area contributed by atoms with Gasteiger partial charge in [-0.05, 0) is 32.4 Å². The van der Waals surface area contributed by atoms with Crippen LogP contribution in [0, 0.1) is 20.8 Å². The summed E-state index contributed by atoms with van der Waals surface area (Å²) in [5.74, 6) is -0.256. The smallest absolute Gasteiger partial charge is 0.387 e. The molecular formula is C22H23F2N3O2. The highest BCUT2D eigenvalue weighted by Crippen LogP contribution is 2.21. The van der Waals surface area contributed by atoms with Crippen molar-refractivity contribution >= 4 is 5.91 Å². The molecule has 1 N–H and O–H groups in total. The number of ether oxygens (including phenoxy) is 1. The maximum atomic E-state index is 12.8. The second kappa shape index (κ2) is 8.86. The number of carbonyl (C=O) groups is 1. The van der Waals surface area contributed by atoms with Crippen LogP contribution in [0.5, 0.6) is 5.75 Å². The molecule has 0 bridgehead atoms. The number of amides is 1. The van der Waals surface area contributed by atoms with Gasteiger partial charge in [-0.3, -0.25) is 9.48 Å². The average Bonchev–Trinajstić information content (AvgIpc) is 2.95. The summed E-state index contributed by atoms with van der Waals surface area (Å²) in [6.07, 6.45) is 0. The average molecular weight is 399 g/mol. The quantitative estimate of drug-likeness (QED) is 0.641. The molecule has 0 spiro atoms. The fraction of sp³-hybridized carbons (Fsp3) is 0.273. The molecule has 0 unspecified atom stereocenters. The zero-order valence-corrected chi connectivity index (χ0v) is 16.6. The fourth-order valence-corrected chi connectivity index (χ4v) is 3.17. The van der Waals surface area contributed by atoms with Crippen molar-refractivity contribution in [3.63, 3.8) is 0 Å². The molecule has 1 heterocycles. The Morgan fingerprint density at radius 3 is 2.48 bits per heavy atom. The lowest BCUT2D eigenvalue weighted by molar-refractivity contribution is -0.0504. The fourth-order valence-electron chi connectivity index (χ4n) is 3.17. The molecule has 7 heteroatoms. The second-order valence-electron chi connectivity index (χ2n) is 6.86. The SMILES string of the molecule is Cc1ccc(Cn2nc(C)c(C(=O)NCc3ccccc3OC(F)F)c2C)cc1. The molecule has 5 nitrogen and oxygen atoms in total. The first-order valence-electron chi connectivity index (χ1n) is 9.25. The molecule has 0 radical (unpaired) electrons. The van der Waals surface area contributed by atoms with Crippen LogP contribution < -0.4 is 10.1 Å². The third-order valence-electron chi connectivity index (χ3n) is 4.69. The minimum Gasteiger partial charge on any atom is -0.434 e. The molecule has 0 aliphatic carbocycles. The highest BCUT2D eigenvalue weighted by atomic mass is 19.3. The first-order chi connectivity index (χ1) is 13.8. The number of nitrogens with one attached hydrogen (secondary N) is 1. The third kappa shape index (κ3) is 4.99. The van der Waals surface area contributed by atoms with Gasteiger partial charge in [0.05, 0.1) is 17.8 Å². The number of carbonyl (C=O) groups excluding carboxylic acids is 1. The Kier molecular flexibility index (Phi) is 6.26. The molecule has 0 aliphatic rings. The predicted molar refractivity (Wildman–Crippen MR) is 106 cm³/mol. The van der Waals surface area contributed by atoms with Crippen molar-refractivity contribution in [2.24, 2.45) is 0 Å². The standard InChI is InChI=1S/C22H23F2N3O2/c1-14-8-10-17(11-9-14)13-27-16(3)20(15(2)26-27)21(28)25-12-18-6-4-5-7-19(18)29-22(23)24/h4-11,22H,12-13H2,1-3H3,(H,25,28). The van der Waals surface area contributed by atoms with Crippen molar-refractivity contribution in [1.82, 2.24) is 15.1 Å². The first-order valence-corrected chi connectivity index (χ1v) is 9.25. The van der Waals surface area contributed by atoms with Crippen LogP contribution in [-0.2, 0) is 13.1 Å². The Balaban J connectivity index is 1.73. The Labute approximate surface area is 168 Å². The number of alkyl halides is 2. The van der Waals surface area contributed by atoms with E-state index in [0.29, 0.717) is 23.4 Å². The number of benzene rings is 2. The van der Waals surface area contributed by atoms with E-state index >= 15 is 0 Å². The van der Waals surface area contributed by atoms with Gasteiger partial charge in [-0.15, -0.1) is 0 Å². The molecular weight excluding hydrogens is 376 g/mol. The summed E-state index contributed by atoms with van der Waals surface area (Å²) in [6, 6.07) is 14.5. The molecule has 0 aliphatic heterocycles. The van der Waals surface area contributed by atoms with Crippen molar-refractivity contribution in [1.29, 1.82) is 0 Å². The number of nitrogens with zero attached hydrogens (tertiary/aromatic N) is 2. The van der Waals surface area contributed by atoms with Crippen LogP contribution in [0.15, 0.2) is 48.5 Å². The van der Waals surface area contributed by atoms with E-state index in [9.17, 15) is 13.6 Å². The maximum Gasteiger partial charge on any atom is 0.387 e. The van der Waals surface area contributed by atoms with Gasteiger partial charge < -0.3 is 10.1 Å². The molecule has 152 valence electrons. The number of hydrogen-bond acceptors (Lipinski definition) is 3. The number of aryl methyl sites for hydroxylation is 2. The number of hydrogen-bond donors (Lipinski definition) is 1. The minimum atomic E-state index is -2.92. The van der Waals surface area contributed by atoms with E-state index in [1.807, 2.05) is 38.1 Å². The molecule has 1 aromatic heterocycles. The molecule has 0 saturated carbocycles. The monoisotopic (exact) mass is 399 g/mol. The van der Waals surface area contributed by atoms with Crippen molar-refractivity contribution in [2.75, 3.05) is 0 Å². The van der Waals surface area contributed by atoms with Crippen LogP contribution in [-0.4, -0.2) is 22.3 Å². The number of halogens is 2. The second-order valence-corrected chi connectivity index (χ2v) is 6.86. The highest BCUT2D eigenvalue weighted by Gasteiger charge is 2.19. The first kappa shape index (κ1) is 20.5. The summed E-state index contributed by atoms with van der Waals surface area (Å²) < 4.78 is 31.4. The van der Waals surface area contributed by atoms with Crippen molar-refractivity contribution in [3.05, 3.63) is 82.2 Å². The summed E-state index contributed by atoms with van der Waals surface area (Å²) in [4.78, 5) is 12.8. The lowest BCUT2D eigenvalue weighted by atomic mass is 10.1. The molecule has 2 aromatic carbocycles. The Morgan fingerprint density at radius 1 is 1.10 bits per heavy atom. The van der Waals surface area contributed by atoms with E-state index in [-0.39, 0.29) is 18.2 Å². The molecule has 29 heavy (non-hydrogen) atoms. The van der Waals surface area contributed by atoms with Crippen LogP contribution >= 0.6 is 0 Å². The van der Waals surface area contributed by atoms with Crippen LogP contribution in [0.25, 0.3) is 0 Å². The van der Waals surface area contributed by atoms with Crippen molar-refractivity contribution < 1.29 is 18.3 Å². The van der Waals surface area contributed by atoms with Gasteiger partial charge in [-0.25, -0.2) is 0 Å². The Hall–Kier alpha value is -3.22. The third-order valence-corrected chi connectivity index (χ3v) is 4.69. The van der Waals surface area contributed by atoms with Gasteiger partial charge in [0.1, 0.15) is 5.75 Å². The van der Waals surface area contributed by atoms with Crippen molar-refractivity contribution in [2.45, 2.75) is 40.5 Å². The number of aromatic nitrogens is 2. The van der Waals surface area contributed by atoms with Gasteiger partial charge in [0, 0.05) is 17.8 Å².